The Morgan fingerprint density at radius 1 is 1.55 bits per heavy atom. The molecule has 0 unspecified atom stereocenters. The van der Waals surface area contributed by atoms with Crippen LogP contribution >= 0.6 is 0 Å². The fraction of sp³-hybridized carbons (Fsp3) is 0.875. The van der Waals surface area contributed by atoms with Crippen LogP contribution in [-0.2, 0) is 4.79 Å². The number of carbonyl (C=O) groups is 1. The van der Waals surface area contributed by atoms with Crippen molar-refractivity contribution < 1.29 is 9.90 Å². The molecule has 0 heterocycles. The molecule has 0 saturated heterocycles. The Balaban J connectivity index is 2.50. The van der Waals surface area contributed by atoms with Gasteiger partial charge in [0.15, 0.2) is 0 Å². The highest BCUT2D eigenvalue weighted by molar-refractivity contribution is 5.70. The van der Waals surface area contributed by atoms with Gasteiger partial charge < -0.3 is 10.8 Å². The van der Waals surface area contributed by atoms with E-state index in [4.69, 9.17) is 10.8 Å². The zero-order valence-electron chi connectivity index (χ0n) is 6.79. The third kappa shape index (κ3) is 1.93. The van der Waals surface area contributed by atoms with Gasteiger partial charge in [-0.15, -0.1) is 0 Å². The lowest BCUT2D eigenvalue weighted by Gasteiger charge is -2.29. The first-order chi connectivity index (χ1) is 5.11. The molecule has 1 rings (SSSR count). The van der Waals surface area contributed by atoms with E-state index in [1.807, 2.05) is 6.92 Å². The molecule has 0 aromatic heterocycles. The van der Waals surface area contributed by atoms with Gasteiger partial charge in [0.25, 0.3) is 0 Å². The lowest BCUT2D eigenvalue weighted by atomic mass is 9.78. The Labute approximate surface area is 66.6 Å². The summed E-state index contributed by atoms with van der Waals surface area (Å²) >= 11 is 0. The summed E-state index contributed by atoms with van der Waals surface area (Å²) in [5, 5.41) is 8.75. The zero-order valence-corrected chi connectivity index (χ0v) is 6.79. The second kappa shape index (κ2) is 3.22. The quantitative estimate of drug-likeness (QED) is 0.592. The van der Waals surface area contributed by atoms with Gasteiger partial charge in [0, 0.05) is 6.04 Å². The third-order valence-electron chi connectivity index (χ3n) is 2.53. The van der Waals surface area contributed by atoms with Crippen molar-refractivity contribution in [1.29, 1.82) is 0 Å². The minimum atomic E-state index is -0.663. The van der Waals surface area contributed by atoms with E-state index in [1.165, 1.54) is 0 Å². The first kappa shape index (κ1) is 8.53. The first-order valence-corrected chi connectivity index (χ1v) is 4.09. The number of hydrogen-bond donors (Lipinski definition) is 2. The van der Waals surface area contributed by atoms with Gasteiger partial charge in [-0.05, 0) is 25.2 Å². The van der Waals surface area contributed by atoms with Crippen molar-refractivity contribution in [3.63, 3.8) is 0 Å². The molecule has 11 heavy (non-hydrogen) atoms. The van der Waals surface area contributed by atoms with E-state index in [1.54, 1.807) is 0 Å². The summed E-state index contributed by atoms with van der Waals surface area (Å²) in [7, 11) is 0. The Morgan fingerprint density at radius 3 is 2.64 bits per heavy atom. The van der Waals surface area contributed by atoms with E-state index in [2.05, 4.69) is 0 Å². The molecule has 1 aliphatic carbocycles. The van der Waals surface area contributed by atoms with Gasteiger partial charge in [0.05, 0.1) is 5.92 Å². The topological polar surface area (TPSA) is 63.3 Å². The van der Waals surface area contributed by atoms with Crippen LogP contribution in [0.5, 0.6) is 0 Å². The van der Waals surface area contributed by atoms with Crippen molar-refractivity contribution in [2.75, 3.05) is 0 Å². The van der Waals surface area contributed by atoms with Gasteiger partial charge in [0.1, 0.15) is 0 Å². The summed E-state index contributed by atoms with van der Waals surface area (Å²) in [6.45, 7) is 1.97. The molecule has 3 N–H and O–H groups in total. The number of carboxylic acid groups (broad SMARTS) is 1. The minimum Gasteiger partial charge on any atom is -0.481 e. The summed E-state index contributed by atoms with van der Waals surface area (Å²) in [5.41, 5.74) is 5.69. The predicted octanol–water partition coefficient (Wildman–Crippen LogP) is 0.834. The number of nitrogens with two attached hydrogens (primary N) is 1. The fourth-order valence-corrected chi connectivity index (χ4v) is 1.80. The van der Waals surface area contributed by atoms with Crippen molar-refractivity contribution in [2.45, 2.75) is 32.2 Å². The van der Waals surface area contributed by atoms with Gasteiger partial charge in [0.2, 0.25) is 0 Å². The molecule has 0 aromatic rings. The predicted molar refractivity (Wildman–Crippen MR) is 42.1 cm³/mol. The van der Waals surface area contributed by atoms with Gasteiger partial charge in [-0.3, -0.25) is 4.79 Å². The van der Waals surface area contributed by atoms with Crippen LogP contribution in [0.15, 0.2) is 0 Å². The highest BCUT2D eigenvalue weighted by Gasteiger charge is 2.30. The van der Waals surface area contributed by atoms with Gasteiger partial charge in [-0.1, -0.05) is 6.92 Å². The second-order valence-electron chi connectivity index (χ2n) is 3.50. The first-order valence-electron chi connectivity index (χ1n) is 4.09. The highest BCUT2D eigenvalue weighted by atomic mass is 16.4. The van der Waals surface area contributed by atoms with Crippen LogP contribution in [0.2, 0.25) is 0 Å². The van der Waals surface area contributed by atoms with Crippen molar-refractivity contribution in [2.24, 2.45) is 17.6 Å². The molecular formula is C8H15NO2. The van der Waals surface area contributed by atoms with Crippen LogP contribution in [0.1, 0.15) is 26.2 Å². The van der Waals surface area contributed by atoms with Gasteiger partial charge in [-0.2, -0.15) is 0 Å². The maximum atomic E-state index is 10.6. The minimum absolute atomic E-state index is 0.158. The summed E-state index contributed by atoms with van der Waals surface area (Å²) in [6.07, 6.45) is 2.47. The Morgan fingerprint density at radius 2 is 2.18 bits per heavy atom. The standard InChI is InChI=1S/C8H15NO2/c1-5-4-6(9)2-3-7(5)8(10)11/h5-7H,2-4,9H2,1H3,(H,10,11)/t5-,6-,7+/m0/s1. The fourth-order valence-electron chi connectivity index (χ4n) is 1.80. The summed E-state index contributed by atoms with van der Waals surface area (Å²) in [4.78, 5) is 10.6. The van der Waals surface area contributed by atoms with Crippen LogP contribution < -0.4 is 5.73 Å². The largest absolute Gasteiger partial charge is 0.481 e. The van der Waals surface area contributed by atoms with Crippen LogP contribution in [-0.4, -0.2) is 17.1 Å². The molecule has 0 aliphatic heterocycles. The van der Waals surface area contributed by atoms with Crippen LogP contribution in [0, 0.1) is 11.8 Å². The molecule has 64 valence electrons. The van der Waals surface area contributed by atoms with Crippen molar-refractivity contribution in [3.05, 3.63) is 0 Å². The maximum Gasteiger partial charge on any atom is 0.306 e. The van der Waals surface area contributed by atoms with Gasteiger partial charge in [-0.25, -0.2) is 0 Å². The van der Waals surface area contributed by atoms with E-state index in [9.17, 15) is 4.79 Å². The molecule has 1 saturated carbocycles. The Hall–Kier alpha value is -0.570. The molecule has 3 nitrogen and oxygen atoms in total. The maximum absolute atomic E-state index is 10.6. The second-order valence-corrected chi connectivity index (χ2v) is 3.50. The van der Waals surface area contributed by atoms with Crippen molar-refractivity contribution >= 4 is 5.97 Å². The summed E-state index contributed by atoms with van der Waals surface area (Å²) in [5.74, 6) is -0.574. The molecule has 3 heteroatoms. The lowest BCUT2D eigenvalue weighted by Crippen LogP contribution is -2.35. The van der Waals surface area contributed by atoms with Gasteiger partial charge >= 0.3 is 5.97 Å². The smallest absolute Gasteiger partial charge is 0.306 e. The number of rotatable bonds is 1. The summed E-state index contributed by atoms with van der Waals surface area (Å²) in [6, 6.07) is 0.223. The number of carboxylic acids is 1. The Kier molecular flexibility index (Phi) is 2.49. The normalized spacial score (nSPS) is 38.5. The molecule has 0 aromatic carbocycles. The molecule has 3 atom stereocenters. The van der Waals surface area contributed by atoms with E-state index in [0.717, 1.165) is 19.3 Å². The van der Waals surface area contributed by atoms with E-state index in [0.29, 0.717) is 0 Å². The third-order valence-corrected chi connectivity index (χ3v) is 2.53. The SMILES string of the molecule is C[C@H]1C[C@@H](N)CC[C@H]1C(=O)O. The van der Waals surface area contributed by atoms with E-state index >= 15 is 0 Å². The zero-order chi connectivity index (χ0) is 8.43. The Bertz CT molecular complexity index is 158. The number of hydrogen-bond acceptors (Lipinski definition) is 2. The van der Waals surface area contributed by atoms with E-state index in [-0.39, 0.29) is 17.9 Å². The van der Waals surface area contributed by atoms with Crippen molar-refractivity contribution in [3.8, 4) is 0 Å². The molecule has 0 radical (unpaired) electrons. The average Bonchev–Trinajstić information content (AvgIpc) is 1.85. The average molecular weight is 157 g/mol. The molecule has 0 bridgehead atoms. The molecular weight excluding hydrogens is 142 g/mol. The van der Waals surface area contributed by atoms with Crippen LogP contribution in [0.4, 0.5) is 0 Å². The highest BCUT2D eigenvalue weighted by Crippen LogP contribution is 2.28. The lowest BCUT2D eigenvalue weighted by molar-refractivity contribution is -0.144. The number of aliphatic carboxylic acids is 1. The molecule has 1 fully saturated rings. The van der Waals surface area contributed by atoms with Crippen LogP contribution in [0.25, 0.3) is 0 Å². The molecule has 1 aliphatic rings. The molecule has 0 amide bonds. The summed E-state index contributed by atoms with van der Waals surface area (Å²) < 4.78 is 0. The van der Waals surface area contributed by atoms with Crippen LogP contribution in [0.3, 0.4) is 0 Å². The van der Waals surface area contributed by atoms with E-state index < -0.39 is 5.97 Å². The van der Waals surface area contributed by atoms with Crippen molar-refractivity contribution in [1.82, 2.24) is 0 Å². The molecule has 0 spiro atoms. The monoisotopic (exact) mass is 157 g/mol.